The van der Waals surface area contributed by atoms with E-state index in [1.807, 2.05) is 29.3 Å². The van der Waals surface area contributed by atoms with Gasteiger partial charge in [0.2, 0.25) is 5.91 Å². The molecule has 0 saturated carbocycles. The van der Waals surface area contributed by atoms with E-state index in [1.54, 1.807) is 25.1 Å². The Labute approximate surface area is 140 Å². The van der Waals surface area contributed by atoms with Crippen LogP contribution < -0.4 is 9.64 Å². The highest BCUT2D eigenvalue weighted by Crippen LogP contribution is 2.28. The molecule has 2 heterocycles. The smallest absolute Gasteiger partial charge is 0.227 e. The van der Waals surface area contributed by atoms with Crippen molar-refractivity contribution in [3.8, 4) is 5.75 Å². The first-order valence-electron chi connectivity index (χ1n) is 7.78. The zero-order valence-electron chi connectivity index (χ0n) is 13.2. The zero-order valence-corrected chi connectivity index (χ0v) is 14.0. The minimum atomic E-state index is 0.213. The van der Waals surface area contributed by atoms with E-state index in [0.29, 0.717) is 6.42 Å². The summed E-state index contributed by atoms with van der Waals surface area (Å²) < 4.78 is 5.15. The molecule has 0 N–H and O–H groups in total. The quantitative estimate of drug-likeness (QED) is 0.601. The third-order valence-electron chi connectivity index (χ3n) is 3.94. The zero-order chi connectivity index (χ0) is 16.1. The number of carbonyl (C=O) groups is 1. The molecule has 0 fully saturated rings. The van der Waals surface area contributed by atoms with Gasteiger partial charge in [-0.2, -0.15) is 0 Å². The van der Waals surface area contributed by atoms with Crippen molar-refractivity contribution in [2.24, 2.45) is 0 Å². The molecule has 1 aromatic carbocycles. The number of rotatable bonds is 6. The first-order chi connectivity index (χ1) is 11.3. The number of benzene rings is 1. The third-order valence-corrected chi connectivity index (χ3v) is 5.04. The van der Waals surface area contributed by atoms with Crippen LogP contribution in [0.25, 0.3) is 0 Å². The highest BCUT2D eigenvalue weighted by Gasteiger charge is 2.23. The Bertz CT molecular complexity index is 673. The number of pyridine rings is 1. The monoisotopic (exact) mass is 328 g/mol. The number of hydrogen-bond donors (Lipinski definition) is 0. The topological polar surface area (TPSA) is 42.4 Å². The van der Waals surface area contributed by atoms with Crippen molar-refractivity contribution in [3.63, 3.8) is 0 Å². The molecular weight excluding hydrogens is 308 g/mol. The van der Waals surface area contributed by atoms with Gasteiger partial charge in [0.1, 0.15) is 5.75 Å². The SMILES string of the molecule is COc1ccc(SCCCC(=O)N2CCc3cnccc32)cc1. The molecule has 1 amide bonds. The molecule has 1 aliphatic rings. The highest BCUT2D eigenvalue weighted by molar-refractivity contribution is 7.99. The molecule has 5 heteroatoms. The van der Waals surface area contributed by atoms with E-state index in [4.69, 9.17) is 4.74 Å². The predicted octanol–water partition coefficient (Wildman–Crippen LogP) is 3.55. The van der Waals surface area contributed by atoms with Gasteiger partial charge >= 0.3 is 0 Å². The van der Waals surface area contributed by atoms with E-state index in [2.05, 4.69) is 17.1 Å². The molecule has 3 rings (SSSR count). The summed E-state index contributed by atoms with van der Waals surface area (Å²) in [5.41, 5.74) is 2.21. The normalized spacial score (nSPS) is 13.0. The van der Waals surface area contributed by atoms with Crippen molar-refractivity contribution >= 4 is 23.4 Å². The van der Waals surface area contributed by atoms with Crippen LogP contribution in [0.3, 0.4) is 0 Å². The van der Waals surface area contributed by atoms with Gasteiger partial charge < -0.3 is 9.64 Å². The number of fused-ring (bicyclic) bond motifs is 1. The molecule has 1 aromatic heterocycles. The van der Waals surface area contributed by atoms with Crippen LogP contribution in [0.4, 0.5) is 5.69 Å². The van der Waals surface area contributed by atoms with Gasteiger partial charge in [0.25, 0.3) is 0 Å². The highest BCUT2D eigenvalue weighted by atomic mass is 32.2. The second-order valence-electron chi connectivity index (χ2n) is 5.43. The number of methoxy groups -OCH3 is 1. The van der Waals surface area contributed by atoms with Gasteiger partial charge in [0.05, 0.1) is 7.11 Å². The first kappa shape index (κ1) is 15.9. The van der Waals surface area contributed by atoms with Crippen LogP contribution in [0.5, 0.6) is 5.75 Å². The van der Waals surface area contributed by atoms with E-state index < -0.39 is 0 Å². The van der Waals surface area contributed by atoms with Gasteiger partial charge in [-0.3, -0.25) is 9.78 Å². The summed E-state index contributed by atoms with van der Waals surface area (Å²) in [6.07, 6.45) is 6.00. The number of nitrogens with zero attached hydrogens (tertiary/aromatic N) is 2. The fourth-order valence-corrected chi connectivity index (χ4v) is 3.56. The summed E-state index contributed by atoms with van der Waals surface area (Å²) in [7, 11) is 1.67. The van der Waals surface area contributed by atoms with Crippen molar-refractivity contribution in [2.45, 2.75) is 24.2 Å². The number of anilines is 1. The summed E-state index contributed by atoms with van der Waals surface area (Å²) in [4.78, 5) is 19.6. The molecule has 0 unspecified atom stereocenters. The largest absolute Gasteiger partial charge is 0.497 e. The first-order valence-corrected chi connectivity index (χ1v) is 8.76. The predicted molar refractivity (Wildman–Crippen MR) is 93.2 cm³/mol. The second kappa shape index (κ2) is 7.51. The van der Waals surface area contributed by atoms with E-state index in [0.717, 1.165) is 36.6 Å². The summed E-state index contributed by atoms with van der Waals surface area (Å²) >= 11 is 1.77. The van der Waals surface area contributed by atoms with E-state index in [1.165, 1.54) is 10.5 Å². The van der Waals surface area contributed by atoms with Crippen LogP contribution in [0, 0.1) is 0 Å². The van der Waals surface area contributed by atoms with Crippen molar-refractivity contribution in [2.75, 3.05) is 24.3 Å². The van der Waals surface area contributed by atoms with E-state index in [-0.39, 0.29) is 5.91 Å². The maximum absolute atomic E-state index is 12.4. The van der Waals surface area contributed by atoms with Gasteiger partial charge in [-0.05, 0) is 54.5 Å². The van der Waals surface area contributed by atoms with E-state index in [9.17, 15) is 4.79 Å². The second-order valence-corrected chi connectivity index (χ2v) is 6.60. The number of thioether (sulfide) groups is 1. The maximum atomic E-state index is 12.4. The number of amides is 1. The number of carbonyl (C=O) groups excluding carboxylic acids is 1. The van der Waals surface area contributed by atoms with Crippen LogP contribution in [0.2, 0.25) is 0 Å². The fraction of sp³-hybridized carbons (Fsp3) is 0.333. The number of ether oxygens (including phenoxy) is 1. The molecule has 0 spiro atoms. The van der Waals surface area contributed by atoms with Gasteiger partial charge in [-0.25, -0.2) is 0 Å². The molecule has 0 radical (unpaired) electrons. The lowest BCUT2D eigenvalue weighted by atomic mass is 10.2. The average Bonchev–Trinajstić information content (AvgIpc) is 3.03. The molecule has 120 valence electrons. The summed E-state index contributed by atoms with van der Waals surface area (Å²) in [5, 5.41) is 0. The molecule has 23 heavy (non-hydrogen) atoms. The Hall–Kier alpha value is -2.01. The molecule has 0 aliphatic carbocycles. The third kappa shape index (κ3) is 3.85. The minimum Gasteiger partial charge on any atom is -0.497 e. The Morgan fingerprint density at radius 1 is 1.30 bits per heavy atom. The van der Waals surface area contributed by atoms with Gasteiger partial charge in [-0.15, -0.1) is 11.8 Å². The Balaban J connectivity index is 1.45. The lowest BCUT2D eigenvalue weighted by Gasteiger charge is -2.17. The molecular formula is C18H20N2O2S. The summed E-state index contributed by atoms with van der Waals surface area (Å²) in [5.74, 6) is 2.02. The lowest BCUT2D eigenvalue weighted by Crippen LogP contribution is -2.28. The molecule has 2 aromatic rings. The van der Waals surface area contributed by atoms with E-state index >= 15 is 0 Å². The molecule has 0 bridgehead atoms. The van der Waals surface area contributed by atoms with Gasteiger partial charge in [0, 0.05) is 35.9 Å². The maximum Gasteiger partial charge on any atom is 0.227 e. The summed E-state index contributed by atoms with van der Waals surface area (Å²) in [6, 6.07) is 9.96. The fourth-order valence-electron chi connectivity index (χ4n) is 2.71. The van der Waals surface area contributed by atoms with Crippen LogP contribution >= 0.6 is 11.8 Å². The molecule has 0 atom stereocenters. The Morgan fingerprint density at radius 3 is 2.91 bits per heavy atom. The Morgan fingerprint density at radius 2 is 2.13 bits per heavy atom. The number of aromatic nitrogens is 1. The van der Waals surface area contributed by atoms with Crippen LogP contribution in [-0.4, -0.2) is 30.3 Å². The molecule has 1 aliphatic heterocycles. The standard InChI is InChI=1S/C18H20N2O2S/c1-22-15-4-6-16(7-5-15)23-12-2-3-18(21)20-11-9-14-13-19-10-8-17(14)20/h4-8,10,13H,2-3,9,11-12H2,1H3. The van der Waals surface area contributed by atoms with Crippen molar-refractivity contribution < 1.29 is 9.53 Å². The van der Waals surface area contributed by atoms with Crippen LogP contribution in [0.15, 0.2) is 47.6 Å². The average molecular weight is 328 g/mol. The van der Waals surface area contributed by atoms with Crippen LogP contribution in [-0.2, 0) is 11.2 Å². The minimum absolute atomic E-state index is 0.213. The van der Waals surface area contributed by atoms with Gasteiger partial charge in [-0.1, -0.05) is 0 Å². The summed E-state index contributed by atoms with van der Waals surface area (Å²) in [6.45, 7) is 0.783. The van der Waals surface area contributed by atoms with Gasteiger partial charge in [0.15, 0.2) is 0 Å². The van der Waals surface area contributed by atoms with Crippen molar-refractivity contribution in [3.05, 3.63) is 48.3 Å². The number of hydrogen-bond acceptors (Lipinski definition) is 4. The Kier molecular flexibility index (Phi) is 5.18. The van der Waals surface area contributed by atoms with Crippen molar-refractivity contribution in [1.29, 1.82) is 0 Å². The molecule has 0 saturated heterocycles. The molecule has 4 nitrogen and oxygen atoms in total. The lowest BCUT2D eigenvalue weighted by molar-refractivity contribution is -0.118. The van der Waals surface area contributed by atoms with Crippen molar-refractivity contribution in [1.82, 2.24) is 4.98 Å². The van der Waals surface area contributed by atoms with Crippen LogP contribution in [0.1, 0.15) is 18.4 Å².